The second kappa shape index (κ2) is 25.0. The number of anilines is 3. The number of nitrogens with zero attached hydrogens (tertiary/aromatic N) is 3. The molecule has 26 nitrogen and oxygen atoms in total. The van der Waals surface area contributed by atoms with E-state index in [0.717, 1.165) is 0 Å². The number of benzene rings is 1. The summed E-state index contributed by atoms with van der Waals surface area (Å²) in [6.45, 7) is -2.99. The van der Waals surface area contributed by atoms with Crippen LogP contribution >= 0.6 is 0 Å². The summed E-state index contributed by atoms with van der Waals surface area (Å²) in [6.07, 6.45) is -2.49. The Bertz CT molecular complexity index is 1790. The fourth-order valence-electron chi connectivity index (χ4n) is 3.55. The highest BCUT2D eigenvalue weighted by molar-refractivity contribution is 6.04. The highest BCUT2D eigenvalue weighted by atomic mass is 16.7. The minimum absolute atomic E-state index is 0.00679. The largest absolute Gasteiger partial charge is 0.455 e. The molecule has 5 amide bonds. The smallest absolute Gasteiger partial charge is 0.340 e. The molecule has 1 aromatic heterocycles. The van der Waals surface area contributed by atoms with Crippen molar-refractivity contribution in [3.05, 3.63) is 35.4 Å². The third kappa shape index (κ3) is 19.1. The van der Waals surface area contributed by atoms with E-state index in [-0.39, 0.29) is 31.3 Å². The van der Waals surface area contributed by atoms with Crippen molar-refractivity contribution >= 4 is 77.2 Å². The summed E-state index contributed by atoms with van der Waals surface area (Å²) in [5.41, 5.74) is 0.117. The predicted molar refractivity (Wildman–Crippen MR) is 184 cm³/mol. The first-order chi connectivity index (χ1) is 27.2. The second-order valence-corrected chi connectivity index (χ2v) is 10.5. The van der Waals surface area contributed by atoms with E-state index < -0.39 is 117 Å². The number of aromatic nitrogens is 3. The maximum atomic E-state index is 12.6. The second-order valence-electron chi connectivity index (χ2n) is 10.5. The Balaban J connectivity index is 1.98. The van der Waals surface area contributed by atoms with Crippen LogP contribution in [0.1, 0.15) is 40.0 Å². The standard InChI is InChI=1S/C31H37N9O17/c1-32-11-26(48)53-12-23(45)37-31-39-29(35-21(43)8-19(41)33-13-34-20(42)9-24(46)54-14-51-2)38-30(40-31)36-22(44)10-25(47)55-16-57-28(50)18-6-4-17(5-7-18)27(49)56-15-52-3/h4-7,32H,8-16H2,1-3H3,(H,33,41)(H,34,42)(H3,35,36,37,38,39,40,43,44,45). The normalized spacial score (nSPS) is 10.2. The maximum absolute atomic E-state index is 12.6. The number of esters is 5. The Hall–Kier alpha value is -7.19. The minimum atomic E-state index is -1.18. The van der Waals surface area contributed by atoms with Gasteiger partial charge in [0.2, 0.25) is 48.3 Å². The van der Waals surface area contributed by atoms with Crippen LogP contribution < -0.4 is 31.9 Å². The van der Waals surface area contributed by atoms with E-state index in [1.165, 1.54) is 45.5 Å². The molecule has 0 aliphatic heterocycles. The van der Waals surface area contributed by atoms with Crippen LogP contribution in [-0.4, -0.2) is 136 Å². The van der Waals surface area contributed by atoms with Gasteiger partial charge in [-0.05, 0) is 31.3 Å². The average Bonchev–Trinajstić information content (AvgIpc) is 3.15. The summed E-state index contributed by atoms with van der Waals surface area (Å²) in [5, 5.41) is 13.3. The van der Waals surface area contributed by atoms with Crippen LogP contribution in [0.2, 0.25) is 0 Å². The van der Waals surface area contributed by atoms with Gasteiger partial charge in [-0.1, -0.05) is 0 Å². The summed E-state index contributed by atoms with van der Waals surface area (Å²) in [6, 6.07) is 5.09. The summed E-state index contributed by atoms with van der Waals surface area (Å²) >= 11 is 0. The zero-order valence-corrected chi connectivity index (χ0v) is 30.5. The van der Waals surface area contributed by atoms with Gasteiger partial charge in [-0.15, -0.1) is 0 Å². The highest BCUT2D eigenvalue weighted by Crippen LogP contribution is 2.11. The highest BCUT2D eigenvalue weighted by Gasteiger charge is 2.19. The molecule has 0 spiro atoms. The van der Waals surface area contributed by atoms with E-state index in [1.807, 2.05) is 0 Å². The van der Waals surface area contributed by atoms with Gasteiger partial charge in [-0.2, -0.15) is 15.0 Å². The molecule has 6 N–H and O–H groups in total. The molecular weight excluding hydrogens is 770 g/mol. The molecule has 57 heavy (non-hydrogen) atoms. The van der Waals surface area contributed by atoms with Crippen molar-refractivity contribution in [2.45, 2.75) is 19.3 Å². The Morgan fingerprint density at radius 3 is 1.44 bits per heavy atom. The molecule has 2 rings (SSSR count). The van der Waals surface area contributed by atoms with Crippen LogP contribution in [0.25, 0.3) is 0 Å². The van der Waals surface area contributed by atoms with Gasteiger partial charge in [0.1, 0.15) is 19.3 Å². The van der Waals surface area contributed by atoms with Gasteiger partial charge in [0.25, 0.3) is 5.91 Å². The first-order valence-corrected chi connectivity index (χ1v) is 16.0. The number of ether oxygens (including phenoxy) is 7. The summed E-state index contributed by atoms with van der Waals surface area (Å²) < 4.78 is 32.8. The lowest BCUT2D eigenvalue weighted by Crippen LogP contribution is -2.39. The lowest BCUT2D eigenvalue weighted by Gasteiger charge is -2.11. The molecule has 0 fully saturated rings. The van der Waals surface area contributed by atoms with Crippen molar-refractivity contribution in [1.82, 2.24) is 30.9 Å². The molecule has 0 bridgehead atoms. The predicted octanol–water partition coefficient (Wildman–Crippen LogP) is -2.92. The van der Waals surface area contributed by atoms with E-state index in [4.69, 9.17) is 18.9 Å². The molecule has 0 saturated carbocycles. The fraction of sp³-hybridized carbons (Fsp3) is 0.387. The van der Waals surface area contributed by atoms with Crippen LogP contribution in [0.15, 0.2) is 24.3 Å². The molecule has 26 heteroatoms. The van der Waals surface area contributed by atoms with E-state index in [0.29, 0.717) is 0 Å². The Kier molecular flexibility index (Phi) is 20.2. The van der Waals surface area contributed by atoms with Gasteiger partial charge in [0.15, 0.2) is 20.2 Å². The number of hydrogen-bond donors (Lipinski definition) is 6. The van der Waals surface area contributed by atoms with Crippen molar-refractivity contribution in [1.29, 1.82) is 0 Å². The average molecular weight is 808 g/mol. The van der Waals surface area contributed by atoms with Crippen LogP contribution in [0.3, 0.4) is 0 Å². The van der Waals surface area contributed by atoms with E-state index in [1.54, 1.807) is 0 Å². The molecule has 2 aromatic rings. The zero-order chi connectivity index (χ0) is 42.2. The molecule has 1 heterocycles. The Morgan fingerprint density at radius 1 is 0.509 bits per heavy atom. The van der Waals surface area contributed by atoms with Crippen molar-refractivity contribution in [2.24, 2.45) is 0 Å². The molecule has 0 saturated heterocycles. The van der Waals surface area contributed by atoms with Gasteiger partial charge < -0.3 is 49.1 Å². The molecule has 0 aliphatic rings. The molecule has 0 aliphatic carbocycles. The van der Waals surface area contributed by atoms with Crippen LogP contribution in [-0.2, 0) is 71.5 Å². The van der Waals surface area contributed by atoms with Gasteiger partial charge >= 0.3 is 29.8 Å². The summed E-state index contributed by atoms with van der Waals surface area (Å²) in [4.78, 5) is 132. The molecule has 308 valence electrons. The number of methoxy groups -OCH3 is 2. The Labute approximate surface area is 321 Å². The van der Waals surface area contributed by atoms with Crippen LogP contribution in [0, 0.1) is 0 Å². The third-order valence-electron chi connectivity index (χ3n) is 5.99. The van der Waals surface area contributed by atoms with Gasteiger partial charge in [-0.3, -0.25) is 54.3 Å². The lowest BCUT2D eigenvalue weighted by molar-refractivity contribution is -0.156. The van der Waals surface area contributed by atoms with Crippen LogP contribution in [0.5, 0.6) is 0 Å². The number of nitrogens with one attached hydrogen (secondary N) is 6. The van der Waals surface area contributed by atoms with Gasteiger partial charge in [-0.25, -0.2) is 9.59 Å². The maximum Gasteiger partial charge on any atom is 0.340 e. The fourth-order valence-corrected chi connectivity index (χ4v) is 3.55. The first-order valence-electron chi connectivity index (χ1n) is 16.0. The topological polar surface area (TPSA) is 346 Å². The van der Waals surface area contributed by atoms with Crippen molar-refractivity contribution in [3.8, 4) is 0 Å². The van der Waals surface area contributed by atoms with E-state index in [2.05, 4.69) is 61.1 Å². The molecule has 1 aromatic carbocycles. The van der Waals surface area contributed by atoms with Crippen molar-refractivity contribution in [2.75, 3.05) is 77.4 Å². The number of hydrogen-bond acceptors (Lipinski definition) is 21. The van der Waals surface area contributed by atoms with Gasteiger partial charge in [0.05, 0.1) is 24.3 Å². The monoisotopic (exact) mass is 807 g/mol. The molecule has 0 radical (unpaired) electrons. The quantitative estimate of drug-likeness (QED) is 0.0283. The summed E-state index contributed by atoms with van der Waals surface area (Å²) in [7, 11) is 4.07. The van der Waals surface area contributed by atoms with Crippen molar-refractivity contribution in [3.63, 3.8) is 0 Å². The number of carbonyl (C=O) groups is 10. The molecule has 0 unspecified atom stereocenters. The number of carbonyl (C=O) groups excluding carboxylic acids is 10. The number of amides is 5. The van der Waals surface area contributed by atoms with Gasteiger partial charge in [0, 0.05) is 14.2 Å². The number of likely N-dealkylation sites (N-methyl/N-ethyl adjacent to an activating group) is 1. The summed E-state index contributed by atoms with van der Waals surface area (Å²) in [5.74, 6) is -11.1. The minimum Gasteiger partial charge on any atom is -0.455 e. The SMILES string of the molecule is CNCC(=O)OCC(=O)Nc1nc(NC(=O)CC(=O)NCNC(=O)CC(=O)OCOC)nc(NC(=O)CC(=O)OCOC(=O)c2ccc(C(=O)OCOC)cc2)n1. The van der Waals surface area contributed by atoms with E-state index >= 15 is 0 Å². The van der Waals surface area contributed by atoms with Crippen molar-refractivity contribution < 1.29 is 81.1 Å². The third-order valence-corrected chi connectivity index (χ3v) is 5.99. The van der Waals surface area contributed by atoms with Crippen LogP contribution in [0.4, 0.5) is 17.8 Å². The first kappa shape index (κ1) is 46.0. The molecule has 0 atom stereocenters. The Morgan fingerprint density at radius 2 is 0.930 bits per heavy atom. The molecular formula is C31H37N9O17. The zero-order valence-electron chi connectivity index (χ0n) is 30.5. The lowest BCUT2D eigenvalue weighted by atomic mass is 10.1. The number of rotatable bonds is 23. The van der Waals surface area contributed by atoms with E-state index in [9.17, 15) is 47.9 Å².